The molecule has 0 N–H and O–H groups in total. The van der Waals surface area contributed by atoms with E-state index in [1.807, 2.05) is 13.0 Å². The van der Waals surface area contributed by atoms with E-state index in [2.05, 4.69) is 0 Å². The predicted molar refractivity (Wildman–Crippen MR) is 73.7 cm³/mol. The van der Waals surface area contributed by atoms with E-state index in [1.54, 1.807) is 23.1 Å². The van der Waals surface area contributed by atoms with Gasteiger partial charge in [0.15, 0.2) is 0 Å². The monoisotopic (exact) mass is 277 g/mol. The van der Waals surface area contributed by atoms with E-state index in [4.69, 9.17) is 9.47 Å². The number of carbonyl (C=O) groups excluding carboxylic acids is 2. The lowest BCUT2D eigenvalue weighted by atomic mass is 10.1. The number of methoxy groups -OCH3 is 1. The molecule has 5 nitrogen and oxygen atoms in total. The smallest absolute Gasteiger partial charge is 0.328 e. The Balaban J connectivity index is 2.24. The van der Waals surface area contributed by atoms with Crippen LogP contribution in [0.1, 0.15) is 30.1 Å². The molecule has 1 aliphatic heterocycles. The van der Waals surface area contributed by atoms with E-state index >= 15 is 0 Å². The van der Waals surface area contributed by atoms with Gasteiger partial charge in [-0.25, -0.2) is 4.79 Å². The summed E-state index contributed by atoms with van der Waals surface area (Å²) >= 11 is 0. The van der Waals surface area contributed by atoms with Gasteiger partial charge in [-0.05, 0) is 31.9 Å². The molecular formula is C15H19NO4. The van der Waals surface area contributed by atoms with Gasteiger partial charge in [0.2, 0.25) is 0 Å². The molecule has 1 aromatic rings. The maximum absolute atomic E-state index is 12.6. The third-order valence-corrected chi connectivity index (χ3v) is 3.40. The summed E-state index contributed by atoms with van der Waals surface area (Å²) in [5, 5.41) is 0. The van der Waals surface area contributed by atoms with Crippen LogP contribution in [0, 0.1) is 0 Å². The second kappa shape index (κ2) is 6.41. The molecular weight excluding hydrogens is 258 g/mol. The lowest BCUT2D eigenvalue weighted by Crippen LogP contribution is -2.41. The maximum atomic E-state index is 12.6. The first-order valence-corrected chi connectivity index (χ1v) is 6.79. The largest absolute Gasteiger partial charge is 0.493 e. The number of rotatable bonds is 4. The van der Waals surface area contributed by atoms with Crippen molar-refractivity contribution in [2.45, 2.75) is 25.8 Å². The molecule has 0 saturated carbocycles. The molecule has 1 fully saturated rings. The number of esters is 1. The van der Waals surface area contributed by atoms with Crippen LogP contribution >= 0.6 is 0 Å². The maximum Gasteiger partial charge on any atom is 0.328 e. The van der Waals surface area contributed by atoms with Gasteiger partial charge in [-0.1, -0.05) is 12.1 Å². The molecule has 1 aliphatic rings. The van der Waals surface area contributed by atoms with Gasteiger partial charge in [-0.15, -0.1) is 0 Å². The Morgan fingerprint density at radius 1 is 1.35 bits per heavy atom. The van der Waals surface area contributed by atoms with Crippen molar-refractivity contribution in [1.82, 2.24) is 4.90 Å². The van der Waals surface area contributed by atoms with E-state index in [-0.39, 0.29) is 11.9 Å². The van der Waals surface area contributed by atoms with Gasteiger partial charge in [-0.2, -0.15) is 0 Å². The zero-order valence-electron chi connectivity index (χ0n) is 11.8. The van der Waals surface area contributed by atoms with Crippen molar-refractivity contribution in [2.24, 2.45) is 0 Å². The summed E-state index contributed by atoms with van der Waals surface area (Å²) in [4.78, 5) is 25.9. The number of ether oxygens (including phenoxy) is 2. The van der Waals surface area contributed by atoms with E-state index in [1.165, 1.54) is 7.11 Å². The molecule has 2 rings (SSSR count). The van der Waals surface area contributed by atoms with E-state index in [0.717, 1.165) is 6.42 Å². The summed E-state index contributed by atoms with van der Waals surface area (Å²) in [5.41, 5.74) is 0.491. The topological polar surface area (TPSA) is 55.8 Å². The molecule has 0 bridgehead atoms. The van der Waals surface area contributed by atoms with Gasteiger partial charge in [-0.3, -0.25) is 4.79 Å². The lowest BCUT2D eigenvalue weighted by Gasteiger charge is -2.23. The van der Waals surface area contributed by atoms with Crippen molar-refractivity contribution in [3.05, 3.63) is 29.8 Å². The predicted octanol–water partition coefficient (Wildman–Crippen LogP) is 1.86. The number of nitrogens with zero attached hydrogens (tertiary/aromatic N) is 1. The Labute approximate surface area is 118 Å². The van der Waals surface area contributed by atoms with Crippen molar-refractivity contribution in [2.75, 3.05) is 20.3 Å². The van der Waals surface area contributed by atoms with Crippen LogP contribution in [0.4, 0.5) is 0 Å². The molecule has 5 heteroatoms. The highest BCUT2D eigenvalue weighted by atomic mass is 16.5. The molecule has 1 aromatic carbocycles. The van der Waals surface area contributed by atoms with Crippen molar-refractivity contribution in [3.63, 3.8) is 0 Å². The molecule has 1 unspecified atom stereocenters. The van der Waals surface area contributed by atoms with Crippen LogP contribution in [0.15, 0.2) is 24.3 Å². The molecule has 1 amide bonds. The van der Waals surface area contributed by atoms with Crippen molar-refractivity contribution in [1.29, 1.82) is 0 Å². The zero-order valence-corrected chi connectivity index (χ0v) is 11.8. The quantitative estimate of drug-likeness (QED) is 0.788. The summed E-state index contributed by atoms with van der Waals surface area (Å²) in [6.07, 6.45) is 1.46. The number of hydrogen-bond donors (Lipinski definition) is 0. The van der Waals surface area contributed by atoms with Crippen LogP contribution in [0.25, 0.3) is 0 Å². The lowest BCUT2D eigenvalue weighted by molar-refractivity contribution is -0.145. The summed E-state index contributed by atoms with van der Waals surface area (Å²) in [6, 6.07) is 6.62. The molecule has 0 spiro atoms. The van der Waals surface area contributed by atoms with Gasteiger partial charge >= 0.3 is 5.97 Å². The summed E-state index contributed by atoms with van der Waals surface area (Å²) < 4.78 is 10.2. The number of carbonyl (C=O) groups is 2. The first-order valence-electron chi connectivity index (χ1n) is 6.79. The van der Waals surface area contributed by atoms with E-state index in [0.29, 0.717) is 30.9 Å². The fourth-order valence-corrected chi connectivity index (χ4v) is 2.47. The fraction of sp³-hybridized carbons (Fsp3) is 0.467. The van der Waals surface area contributed by atoms with Gasteiger partial charge < -0.3 is 14.4 Å². The minimum absolute atomic E-state index is 0.179. The molecule has 1 heterocycles. The Morgan fingerprint density at radius 2 is 2.10 bits per heavy atom. The van der Waals surface area contributed by atoms with Gasteiger partial charge in [0.05, 0.1) is 19.3 Å². The number of benzene rings is 1. The number of hydrogen-bond acceptors (Lipinski definition) is 4. The molecule has 0 aromatic heterocycles. The third kappa shape index (κ3) is 2.76. The first kappa shape index (κ1) is 14.4. The Bertz CT molecular complexity index is 500. The highest BCUT2D eigenvalue weighted by molar-refractivity contribution is 5.99. The van der Waals surface area contributed by atoms with Gasteiger partial charge in [0.1, 0.15) is 11.8 Å². The number of likely N-dealkylation sites (tertiary alicyclic amines) is 1. The second-order valence-electron chi connectivity index (χ2n) is 4.61. The van der Waals surface area contributed by atoms with E-state index < -0.39 is 6.04 Å². The molecule has 108 valence electrons. The van der Waals surface area contributed by atoms with Gasteiger partial charge in [0.25, 0.3) is 5.91 Å². The summed E-state index contributed by atoms with van der Waals surface area (Å²) in [7, 11) is 1.34. The van der Waals surface area contributed by atoms with Crippen LogP contribution in [-0.2, 0) is 9.53 Å². The van der Waals surface area contributed by atoms with Crippen LogP contribution < -0.4 is 4.74 Å². The van der Waals surface area contributed by atoms with Crippen molar-refractivity contribution in [3.8, 4) is 5.75 Å². The molecule has 1 saturated heterocycles. The minimum Gasteiger partial charge on any atom is -0.493 e. The molecule has 0 aliphatic carbocycles. The Hall–Kier alpha value is -2.04. The van der Waals surface area contributed by atoms with Crippen LogP contribution in [0.5, 0.6) is 5.75 Å². The number of amides is 1. The van der Waals surface area contributed by atoms with Gasteiger partial charge in [0, 0.05) is 6.54 Å². The normalized spacial score (nSPS) is 17.9. The molecule has 20 heavy (non-hydrogen) atoms. The summed E-state index contributed by atoms with van der Waals surface area (Å²) in [6.45, 7) is 2.93. The average Bonchev–Trinajstić information content (AvgIpc) is 2.96. The third-order valence-electron chi connectivity index (χ3n) is 3.40. The average molecular weight is 277 g/mol. The van der Waals surface area contributed by atoms with Crippen molar-refractivity contribution >= 4 is 11.9 Å². The highest BCUT2D eigenvalue weighted by Gasteiger charge is 2.36. The molecule has 0 radical (unpaired) electrons. The zero-order chi connectivity index (χ0) is 14.5. The van der Waals surface area contributed by atoms with E-state index in [9.17, 15) is 9.59 Å². The standard InChI is InChI=1S/C15H19NO4/c1-3-20-13-9-5-4-7-11(13)14(17)16-10-6-8-12(16)15(18)19-2/h4-5,7,9,12H,3,6,8,10H2,1-2H3. The highest BCUT2D eigenvalue weighted by Crippen LogP contribution is 2.25. The Kier molecular flexibility index (Phi) is 4.61. The van der Waals surface area contributed by atoms with Crippen LogP contribution in [0.3, 0.4) is 0 Å². The summed E-state index contributed by atoms with van der Waals surface area (Å²) in [5.74, 6) is 0.0159. The van der Waals surface area contributed by atoms with Crippen molar-refractivity contribution < 1.29 is 19.1 Å². The van der Waals surface area contributed by atoms with Crippen LogP contribution in [-0.4, -0.2) is 43.1 Å². The Morgan fingerprint density at radius 3 is 2.80 bits per heavy atom. The first-order chi connectivity index (χ1) is 9.69. The number of para-hydroxylation sites is 1. The molecule has 1 atom stereocenters. The second-order valence-corrected chi connectivity index (χ2v) is 4.61. The fourth-order valence-electron chi connectivity index (χ4n) is 2.47. The SMILES string of the molecule is CCOc1ccccc1C(=O)N1CCCC1C(=O)OC. The minimum atomic E-state index is -0.484. The van der Waals surface area contributed by atoms with Crippen LogP contribution in [0.2, 0.25) is 0 Å².